The maximum Gasteiger partial charge on any atom is 0.328 e. The predicted molar refractivity (Wildman–Crippen MR) is 132 cm³/mol. The Balaban J connectivity index is 1.58. The second kappa shape index (κ2) is 12.2. The number of carbonyl (C=O) groups is 4. The summed E-state index contributed by atoms with van der Waals surface area (Å²) in [5, 5.41) is 26.5. The summed E-state index contributed by atoms with van der Waals surface area (Å²) in [5.74, 6) is -3.34. The number of nitrogens with one attached hydrogen (secondary N) is 3. The van der Waals surface area contributed by atoms with Crippen LogP contribution in [0, 0.1) is 5.92 Å². The smallest absolute Gasteiger partial charge is 0.328 e. The number of benzene rings is 2. The molecule has 190 valence electrons. The Bertz CT molecular complexity index is 1180. The zero-order chi connectivity index (χ0) is 26.2. The largest absolute Gasteiger partial charge is 0.508 e. The Hall–Kier alpha value is -3.89. The van der Waals surface area contributed by atoms with E-state index in [4.69, 9.17) is 17.3 Å². The summed E-state index contributed by atoms with van der Waals surface area (Å²) in [6.45, 7) is -0.166. The molecule has 3 atom stereocenters. The van der Waals surface area contributed by atoms with E-state index in [2.05, 4.69) is 16.0 Å². The van der Waals surface area contributed by atoms with E-state index in [1.165, 1.54) is 30.3 Å². The van der Waals surface area contributed by atoms with Crippen molar-refractivity contribution in [3.63, 3.8) is 0 Å². The van der Waals surface area contributed by atoms with E-state index in [1.54, 1.807) is 12.1 Å². The minimum Gasteiger partial charge on any atom is -0.508 e. The SMILES string of the molecule is N[C@H]1CC=CC[C@@H]1C(=O)NC[C@H](NC(=O)c1ccc(C(=O)NCc2cccc(O)c2)cc1Cl)C(=O)O. The van der Waals surface area contributed by atoms with Gasteiger partial charge in [-0.2, -0.15) is 0 Å². The number of halogens is 1. The standard InChI is InChI=1S/C25H27ClN4O6/c26-19-11-15(22(32)28-12-14-4-3-5-16(31)10-14)8-9-17(19)24(34)30-21(25(35)36)13-29-23(33)18-6-1-2-7-20(18)27/h1-5,8-11,18,20-21,31H,6-7,12-13,27H2,(H,28,32)(H,29,33)(H,30,34)(H,35,36)/t18-,20-,21-/m0/s1. The molecule has 1 aliphatic carbocycles. The van der Waals surface area contributed by atoms with Crippen molar-refractivity contribution in [2.45, 2.75) is 31.5 Å². The van der Waals surface area contributed by atoms with E-state index in [0.29, 0.717) is 18.4 Å². The van der Waals surface area contributed by atoms with E-state index < -0.39 is 29.7 Å². The number of carbonyl (C=O) groups excluding carboxylic acids is 3. The van der Waals surface area contributed by atoms with Crippen LogP contribution in [0.25, 0.3) is 0 Å². The van der Waals surface area contributed by atoms with Crippen LogP contribution in [0.5, 0.6) is 5.75 Å². The highest BCUT2D eigenvalue weighted by Crippen LogP contribution is 2.19. The van der Waals surface area contributed by atoms with Gasteiger partial charge in [0, 0.05) is 24.7 Å². The monoisotopic (exact) mass is 514 g/mol. The molecule has 0 aliphatic heterocycles. The van der Waals surface area contributed by atoms with Crippen molar-refractivity contribution < 1.29 is 29.4 Å². The zero-order valence-electron chi connectivity index (χ0n) is 19.2. The lowest BCUT2D eigenvalue weighted by Crippen LogP contribution is -2.51. The van der Waals surface area contributed by atoms with E-state index in [-0.39, 0.29) is 46.9 Å². The Morgan fingerprint density at radius 1 is 1.03 bits per heavy atom. The third-order valence-electron chi connectivity index (χ3n) is 5.74. The molecule has 7 N–H and O–H groups in total. The molecule has 0 radical (unpaired) electrons. The molecule has 0 fully saturated rings. The molecule has 0 spiro atoms. The van der Waals surface area contributed by atoms with Crippen molar-refractivity contribution >= 4 is 35.3 Å². The first-order chi connectivity index (χ1) is 17.2. The second-order valence-corrected chi connectivity index (χ2v) is 8.78. The van der Waals surface area contributed by atoms with E-state index in [0.717, 1.165) is 0 Å². The van der Waals surface area contributed by atoms with Crippen LogP contribution in [0.1, 0.15) is 39.1 Å². The Labute approximate surface area is 212 Å². The fourth-order valence-corrected chi connectivity index (χ4v) is 3.96. The highest BCUT2D eigenvalue weighted by molar-refractivity contribution is 6.34. The quantitative estimate of drug-likeness (QED) is 0.276. The lowest BCUT2D eigenvalue weighted by atomic mass is 9.89. The molecule has 2 aromatic rings. The highest BCUT2D eigenvalue weighted by Gasteiger charge is 2.28. The van der Waals surface area contributed by atoms with Crippen LogP contribution in [-0.2, 0) is 16.1 Å². The number of aromatic hydroxyl groups is 1. The van der Waals surface area contributed by atoms with Crippen LogP contribution >= 0.6 is 11.6 Å². The first kappa shape index (κ1) is 26.7. The number of hydrogen-bond donors (Lipinski definition) is 6. The summed E-state index contributed by atoms with van der Waals surface area (Å²) < 4.78 is 0. The summed E-state index contributed by atoms with van der Waals surface area (Å²) >= 11 is 6.20. The van der Waals surface area contributed by atoms with Crippen LogP contribution in [-0.4, -0.2) is 52.5 Å². The van der Waals surface area contributed by atoms with Gasteiger partial charge in [0.05, 0.1) is 16.5 Å². The normalized spacial score (nSPS) is 17.6. The molecule has 3 amide bonds. The zero-order valence-corrected chi connectivity index (χ0v) is 20.0. The predicted octanol–water partition coefficient (Wildman–Crippen LogP) is 1.57. The van der Waals surface area contributed by atoms with Gasteiger partial charge in [0.1, 0.15) is 11.8 Å². The Morgan fingerprint density at radius 3 is 2.44 bits per heavy atom. The second-order valence-electron chi connectivity index (χ2n) is 8.37. The lowest BCUT2D eigenvalue weighted by molar-refractivity contribution is -0.139. The van der Waals surface area contributed by atoms with Crippen LogP contribution in [0.3, 0.4) is 0 Å². The first-order valence-electron chi connectivity index (χ1n) is 11.2. The van der Waals surface area contributed by atoms with Gasteiger partial charge in [-0.1, -0.05) is 35.9 Å². The Kier molecular flexibility index (Phi) is 9.04. The average molecular weight is 515 g/mol. The molecule has 0 aromatic heterocycles. The number of phenols is 1. The third kappa shape index (κ3) is 7.06. The molecule has 11 heteroatoms. The van der Waals surface area contributed by atoms with Gasteiger partial charge in [0.25, 0.3) is 11.8 Å². The summed E-state index contributed by atoms with van der Waals surface area (Å²) in [7, 11) is 0. The summed E-state index contributed by atoms with van der Waals surface area (Å²) in [6.07, 6.45) is 4.75. The van der Waals surface area contributed by atoms with Crippen molar-refractivity contribution in [2.24, 2.45) is 11.7 Å². The minimum atomic E-state index is -1.40. The number of phenolic OH excluding ortho intramolecular Hbond substituents is 1. The number of hydrogen-bond acceptors (Lipinski definition) is 6. The fourth-order valence-electron chi connectivity index (χ4n) is 3.70. The van der Waals surface area contributed by atoms with Gasteiger partial charge in [0.15, 0.2) is 0 Å². The topological polar surface area (TPSA) is 171 Å². The molecule has 0 saturated carbocycles. The maximum absolute atomic E-state index is 12.7. The van der Waals surface area contributed by atoms with Crippen molar-refractivity contribution in [3.8, 4) is 5.75 Å². The summed E-state index contributed by atoms with van der Waals surface area (Å²) in [6, 6.07) is 8.65. The van der Waals surface area contributed by atoms with Crippen LogP contribution < -0.4 is 21.7 Å². The molecule has 0 heterocycles. The van der Waals surface area contributed by atoms with E-state index >= 15 is 0 Å². The fraction of sp³-hybridized carbons (Fsp3) is 0.280. The molecule has 2 aromatic carbocycles. The van der Waals surface area contributed by atoms with Gasteiger partial charge in [-0.05, 0) is 48.7 Å². The molecular weight excluding hydrogens is 488 g/mol. The number of carboxylic acids is 1. The van der Waals surface area contributed by atoms with Crippen molar-refractivity contribution in [2.75, 3.05) is 6.54 Å². The van der Waals surface area contributed by atoms with Gasteiger partial charge in [-0.25, -0.2) is 4.79 Å². The van der Waals surface area contributed by atoms with Gasteiger partial charge in [-0.15, -0.1) is 0 Å². The molecule has 3 rings (SSSR count). The molecule has 0 saturated heterocycles. The van der Waals surface area contributed by atoms with E-state index in [9.17, 15) is 29.4 Å². The van der Waals surface area contributed by atoms with Crippen molar-refractivity contribution in [1.82, 2.24) is 16.0 Å². The molecule has 10 nitrogen and oxygen atoms in total. The molecular formula is C25H27ClN4O6. The number of rotatable bonds is 9. The molecule has 36 heavy (non-hydrogen) atoms. The van der Waals surface area contributed by atoms with Gasteiger partial charge < -0.3 is 31.9 Å². The van der Waals surface area contributed by atoms with Gasteiger partial charge >= 0.3 is 5.97 Å². The summed E-state index contributed by atoms with van der Waals surface area (Å²) in [4.78, 5) is 49.2. The van der Waals surface area contributed by atoms with Crippen LogP contribution in [0.15, 0.2) is 54.6 Å². The van der Waals surface area contributed by atoms with E-state index in [1.807, 2.05) is 12.2 Å². The van der Waals surface area contributed by atoms with Crippen molar-refractivity contribution in [1.29, 1.82) is 0 Å². The first-order valence-corrected chi connectivity index (χ1v) is 11.6. The third-order valence-corrected chi connectivity index (χ3v) is 6.05. The lowest BCUT2D eigenvalue weighted by Gasteiger charge is -2.25. The van der Waals surface area contributed by atoms with Crippen molar-refractivity contribution in [3.05, 3.63) is 76.3 Å². The molecule has 0 bridgehead atoms. The van der Waals surface area contributed by atoms with Crippen LogP contribution in [0.4, 0.5) is 0 Å². The minimum absolute atomic E-state index is 0.0294. The Morgan fingerprint density at radius 2 is 1.78 bits per heavy atom. The highest BCUT2D eigenvalue weighted by atomic mass is 35.5. The molecule has 1 aliphatic rings. The number of amides is 3. The van der Waals surface area contributed by atoms with Gasteiger partial charge in [-0.3, -0.25) is 14.4 Å². The maximum atomic E-state index is 12.7. The number of aliphatic carboxylic acids is 1. The van der Waals surface area contributed by atoms with Crippen LogP contribution in [0.2, 0.25) is 5.02 Å². The number of carboxylic acid groups (broad SMARTS) is 1. The number of nitrogens with two attached hydrogens (primary N) is 1. The average Bonchev–Trinajstić information content (AvgIpc) is 2.84. The van der Waals surface area contributed by atoms with Gasteiger partial charge in [0.2, 0.25) is 5.91 Å². The number of allylic oxidation sites excluding steroid dienone is 1. The summed E-state index contributed by atoms with van der Waals surface area (Å²) in [5.41, 5.74) is 6.81. The molecule has 0 unspecified atom stereocenters.